The van der Waals surface area contributed by atoms with Gasteiger partial charge in [-0.2, -0.15) is 0 Å². The molecule has 1 aliphatic rings. The molecule has 24 heavy (non-hydrogen) atoms. The first-order valence-corrected chi connectivity index (χ1v) is 7.33. The molecule has 3 aromatic rings. The van der Waals surface area contributed by atoms with Crippen LogP contribution in [0.2, 0.25) is 0 Å². The average molecular weight is 322 g/mol. The van der Waals surface area contributed by atoms with Crippen LogP contribution in [0.3, 0.4) is 0 Å². The van der Waals surface area contributed by atoms with Gasteiger partial charge in [0.25, 0.3) is 5.91 Å². The first-order valence-electron chi connectivity index (χ1n) is 7.33. The number of ether oxygens (including phenoxy) is 2. The Morgan fingerprint density at radius 2 is 1.75 bits per heavy atom. The van der Waals surface area contributed by atoms with Crippen molar-refractivity contribution in [2.45, 2.75) is 0 Å². The highest BCUT2D eigenvalue weighted by Crippen LogP contribution is 2.35. The molecule has 0 aliphatic carbocycles. The summed E-state index contributed by atoms with van der Waals surface area (Å²) in [5, 5.41) is 12.3. The third-order valence-corrected chi connectivity index (χ3v) is 4.14. The zero-order valence-electron chi connectivity index (χ0n) is 13.1. The number of aromatic amines is 1. The van der Waals surface area contributed by atoms with Gasteiger partial charge in [0, 0.05) is 16.1 Å². The van der Waals surface area contributed by atoms with Gasteiger partial charge in [-0.05, 0) is 36.4 Å². The monoisotopic (exact) mass is 322 g/mol. The second kappa shape index (κ2) is 5.13. The van der Waals surface area contributed by atoms with Crippen molar-refractivity contribution in [3.8, 4) is 17.4 Å². The van der Waals surface area contributed by atoms with Gasteiger partial charge in [-0.3, -0.25) is 4.79 Å². The third kappa shape index (κ3) is 1.96. The summed E-state index contributed by atoms with van der Waals surface area (Å²) in [5.74, 6) is 0.786. The molecule has 6 nitrogen and oxygen atoms in total. The lowest BCUT2D eigenvalue weighted by Gasteiger charge is -2.03. The fraction of sp³-hybridized carbons (Fsp3) is 0.111. The van der Waals surface area contributed by atoms with Gasteiger partial charge in [-0.25, -0.2) is 4.99 Å². The van der Waals surface area contributed by atoms with Crippen LogP contribution in [0, 0.1) is 0 Å². The number of amides is 1. The number of nitrogens with zero attached hydrogens (tertiary/aromatic N) is 1. The minimum Gasteiger partial charge on any atom is -0.497 e. The van der Waals surface area contributed by atoms with Gasteiger partial charge in [0.05, 0.1) is 30.7 Å². The van der Waals surface area contributed by atoms with Crippen molar-refractivity contribution in [2.24, 2.45) is 4.99 Å². The first-order chi connectivity index (χ1) is 11.6. The number of rotatable bonds is 3. The highest BCUT2D eigenvalue weighted by Gasteiger charge is 2.25. The van der Waals surface area contributed by atoms with Crippen LogP contribution in [-0.2, 0) is 4.79 Å². The lowest BCUT2D eigenvalue weighted by atomic mass is 10.0. The summed E-state index contributed by atoms with van der Waals surface area (Å²) >= 11 is 0. The number of hydrogen-bond acceptors (Lipinski definition) is 4. The molecule has 0 spiro atoms. The standard InChI is InChI=1S/C18H14N2O4/c1-23-9-3-5-13-11(7-9)15(17(21)19-13)16-12-8-10(24-2)4-6-14(12)20-18(16)22/h3-8,19,21H,1-2H3. The van der Waals surface area contributed by atoms with Crippen molar-refractivity contribution < 1.29 is 19.4 Å². The number of carbonyl (C=O) groups excluding carboxylic acids is 1. The van der Waals surface area contributed by atoms with Crippen LogP contribution in [0.5, 0.6) is 17.4 Å². The maximum Gasteiger partial charge on any atom is 0.279 e. The van der Waals surface area contributed by atoms with Crippen molar-refractivity contribution in [1.82, 2.24) is 4.98 Å². The largest absolute Gasteiger partial charge is 0.497 e. The number of nitrogens with one attached hydrogen (secondary N) is 1. The molecule has 4 rings (SSSR count). The van der Waals surface area contributed by atoms with E-state index in [9.17, 15) is 9.90 Å². The van der Waals surface area contributed by atoms with Crippen molar-refractivity contribution >= 4 is 22.4 Å². The predicted octanol–water partition coefficient (Wildman–Crippen LogP) is 1.25. The highest BCUT2D eigenvalue weighted by atomic mass is 16.5. The molecule has 2 aromatic carbocycles. The number of H-pyrrole nitrogens is 1. The SMILES string of the molecule is COc1ccc2c(c1)=C(c1c(O)[nH]c3ccc(OC)cc13)C(=O)N=2. The second-order valence-corrected chi connectivity index (χ2v) is 5.44. The lowest BCUT2D eigenvalue weighted by Crippen LogP contribution is -2.23. The Hall–Kier alpha value is -3.28. The van der Waals surface area contributed by atoms with Gasteiger partial charge < -0.3 is 19.6 Å². The van der Waals surface area contributed by atoms with E-state index in [-0.39, 0.29) is 5.88 Å². The molecular weight excluding hydrogens is 308 g/mol. The summed E-state index contributed by atoms with van der Waals surface area (Å²) in [4.78, 5) is 19.4. The summed E-state index contributed by atoms with van der Waals surface area (Å²) in [6.07, 6.45) is 0. The van der Waals surface area contributed by atoms with Gasteiger partial charge in [0.1, 0.15) is 11.5 Å². The minimum absolute atomic E-state index is 0.0764. The molecule has 1 aliphatic heterocycles. The molecule has 1 amide bonds. The smallest absolute Gasteiger partial charge is 0.279 e. The van der Waals surface area contributed by atoms with Gasteiger partial charge in [0.15, 0.2) is 5.88 Å². The minimum atomic E-state index is -0.391. The number of methoxy groups -OCH3 is 2. The molecule has 0 fully saturated rings. The van der Waals surface area contributed by atoms with E-state index in [4.69, 9.17) is 9.47 Å². The van der Waals surface area contributed by atoms with Crippen molar-refractivity contribution in [3.63, 3.8) is 0 Å². The van der Waals surface area contributed by atoms with E-state index in [1.54, 1.807) is 50.6 Å². The lowest BCUT2D eigenvalue weighted by molar-refractivity contribution is -0.112. The summed E-state index contributed by atoms with van der Waals surface area (Å²) in [6.45, 7) is 0. The second-order valence-electron chi connectivity index (χ2n) is 5.44. The first kappa shape index (κ1) is 14.3. The molecule has 0 saturated heterocycles. The zero-order chi connectivity index (χ0) is 16.8. The number of carbonyl (C=O) groups is 1. The van der Waals surface area contributed by atoms with E-state index in [0.29, 0.717) is 44.1 Å². The Morgan fingerprint density at radius 1 is 1.04 bits per heavy atom. The van der Waals surface area contributed by atoms with E-state index in [2.05, 4.69) is 9.98 Å². The highest BCUT2D eigenvalue weighted by molar-refractivity contribution is 6.24. The van der Waals surface area contributed by atoms with E-state index in [1.807, 2.05) is 0 Å². The molecule has 0 bridgehead atoms. The van der Waals surface area contributed by atoms with E-state index in [0.717, 1.165) is 0 Å². The summed E-state index contributed by atoms with van der Waals surface area (Å²) in [6, 6.07) is 10.6. The Balaban J connectivity index is 2.11. The maximum atomic E-state index is 12.5. The summed E-state index contributed by atoms with van der Waals surface area (Å²) in [5.41, 5.74) is 1.48. The molecule has 0 atom stereocenters. The van der Waals surface area contributed by atoms with Crippen LogP contribution in [0.4, 0.5) is 0 Å². The number of aromatic nitrogens is 1. The molecule has 120 valence electrons. The Kier molecular flexibility index (Phi) is 3.06. The molecule has 6 heteroatoms. The van der Waals surface area contributed by atoms with E-state index < -0.39 is 5.91 Å². The van der Waals surface area contributed by atoms with Crippen LogP contribution >= 0.6 is 0 Å². The topological polar surface area (TPSA) is 83.9 Å². The molecule has 0 radical (unpaired) electrons. The zero-order valence-corrected chi connectivity index (χ0v) is 13.1. The van der Waals surface area contributed by atoms with Gasteiger partial charge in [0.2, 0.25) is 0 Å². The van der Waals surface area contributed by atoms with E-state index in [1.165, 1.54) is 0 Å². The average Bonchev–Trinajstić information content (AvgIpc) is 3.08. The molecule has 2 N–H and O–H groups in total. The van der Waals surface area contributed by atoms with E-state index >= 15 is 0 Å². The molecule has 2 heterocycles. The number of benzene rings is 2. The van der Waals surface area contributed by atoms with Crippen LogP contribution in [0.25, 0.3) is 16.5 Å². The Morgan fingerprint density at radius 3 is 2.50 bits per heavy atom. The van der Waals surface area contributed by atoms with Crippen molar-refractivity contribution in [2.75, 3.05) is 14.2 Å². The van der Waals surface area contributed by atoms with Gasteiger partial charge in [-0.15, -0.1) is 0 Å². The Bertz CT molecular complexity index is 1110. The van der Waals surface area contributed by atoms with Crippen LogP contribution in [-0.4, -0.2) is 30.2 Å². The van der Waals surface area contributed by atoms with Gasteiger partial charge in [-0.1, -0.05) is 0 Å². The quantitative estimate of drug-likeness (QED) is 0.760. The molecule has 0 unspecified atom stereocenters. The van der Waals surface area contributed by atoms with Crippen molar-refractivity contribution in [1.29, 1.82) is 0 Å². The summed E-state index contributed by atoms with van der Waals surface area (Å²) in [7, 11) is 3.13. The summed E-state index contributed by atoms with van der Waals surface area (Å²) < 4.78 is 10.5. The normalized spacial score (nSPS) is 13.1. The third-order valence-electron chi connectivity index (χ3n) is 4.14. The molecular formula is C18H14N2O4. The Labute approximate surface area is 136 Å². The number of aromatic hydroxyl groups is 1. The fourth-order valence-corrected chi connectivity index (χ4v) is 3.00. The van der Waals surface area contributed by atoms with Crippen LogP contribution in [0.1, 0.15) is 5.56 Å². The van der Waals surface area contributed by atoms with Crippen LogP contribution < -0.4 is 20.0 Å². The van der Waals surface area contributed by atoms with Gasteiger partial charge >= 0.3 is 0 Å². The van der Waals surface area contributed by atoms with Crippen LogP contribution in [0.15, 0.2) is 41.4 Å². The number of fused-ring (bicyclic) bond motifs is 2. The molecule has 1 aromatic heterocycles. The van der Waals surface area contributed by atoms with Crippen molar-refractivity contribution in [3.05, 3.63) is 52.5 Å². The maximum absolute atomic E-state index is 12.5. The fourth-order valence-electron chi connectivity index (χ4n) is 3.00. The molecule has 0 saturated carbocycles. The number of hydrogen-bond donors (Lipinski definition) is 2. The predicted molar refractivity (Wildman–Crippen MR) is 87.8 cm³/mol.